The highest BCUT2D eigenvalue weighted by Gasteiger charge is 2.06. The molecule has 0 amide bonds. The average Bonchev–Trinajstić information content (AvgIpc) is 2.49. The molecule has 0 heterocycles. The van der Waals surface area contributed by atoms with Crippen LogP contribution in [0.3, 0.4) is 0 Å². The van der Waals surface area contributed by atoms with E-state index in [4.69, 9.17) is 21.7 Å². The Balaban J connectivity index is 2.01. The predicted octanol–water partition coefficient (Wildman–Crippen LogP) is 3.61. The second-order valence-electron chi connectivity index (χ2n) is 4.59. The van der Waals surface area contributed by atoms with E-state index >= 15 is 0 Å². The van der Waals surface area contributed by atoms with E-state index in [1.54, 1.807) is 55.4 Å². The van der Waals surface area contributed by atoms with Gasteiger partial charge in [-0.05, 0) is 48.6 Å². The number of nitro groups is 1. The van der Waals surface area contributed by atoms with E-state index < -0.39 is 4.92 Å². The zero-order valence-corrected chi connectivity index (χ0v) is 12.9. The fraction of sp³-hybridized carbons (Fsp3) is 0.133. The molecule has 114 valence electrons. The van der Waals surface area contributed by atoms with Crippen LogP contribution in [-0.2, 0) is 0 Å². The fourth-order valence-electron chi connectivity index (χ4n) is 1.54. The van der Waals surface area contributed by atoms with Crippen LogP contribution >= 0.6 is 12.2 Å². The molecule has 0 bridgehead atoms. The molecule has 0 aliphatic heterocycles. The van der Waals surface area contributed by atoms with Crippen LogP contribution in [0.1, 0.15) is 0 Å². The molecule has 0 saturated carbocycles. The molecule has 6 nitrogen and oxygen atoms in total. The summed E-state index contributed by atoms with van der Waals surface area (Å²) in [4.78, 5) is 11.8. The third kappa shape index (κ3) is 4.16. The molecule has 0 N–H and O–H groups in total. The molecule has 2 rings (SSSR count). The van der Waals surface area contributed by atoms with Crippen LogP contribution in [-0.4, -0.2) is 29.1 Å². The number of hydrogen-bond donors (Lipinski definition) is 0. The van der Waals surface area contributed by atoms with Gasteiger partial charge in [0.2, 0.25) is 0 Å². The van der Waals surface area contributed by atoms with Gasteiger partial charge in [-0.2, -0.15) is 0 Å². The summed E-state index contributed by atoms with van der Waals surface area (Å²) in [5.41, 5.74) is 0.0216. The monoisotopic (exact) mass is 318 g/mol. The van der Waals surface area contributed by atoms with Crippen molar-refractivity contribution in [3.05, 3.63) is 58.6 Å². The third-order valence-electron chi connectivity index (χ3n) is 2.68. The van der Waals surface area contributed by atoms with Crippen molar-refractivity contribution in [1.29, 1.82) is 0 Å². The van der Waals surface area contributed by atoms with Crippen molar-refractivity contribution in [2.45, 2.75) is 0 Å². The predicted molar refractivity (Wildman–Crippen MR) is 86.5 cm³/mol. The van der Waals surface area contributed by atoms with Crippen molar-refractivity contribution < 1.29 is 14.4 Å². The Morgan fingerprint density at radius 2 is 1.45 bits per heavy atom. The average molecular weight is 318 g/mol. The maximum absolute atomic E-state index is 10.6. The van der Waals surface area contributed by atoms with E-state index in [0.29, 0.717) is 22.4 Å². The van der Waals surface area contributed by atoms with Gasteiger partial charge in [0.25, 0.3) is 10.9 Å². The summed E-state index contributed by atoms with van der Waals surface area (Å²) in [5.74, 6) is 1.72. The van der Waals surface area contributed by atoms with E-state index in [1.807, 2.05) is 0 Å². The number of non-ortho nitro benzene ring substituents is 1. The molecule has 0 aromatic heterocycles. The number of ether oxygens (including phenoxy) is 2. The molecule has 0 unspecified atom stereocenters. The van der Waals surface area contributed by atoms with E-state index in [1.165, 1.54) is 12.1 Å². The molecule has 2 aromatic rings. The number of nitrogens with zero attached hydrogens (tertiary/aromatic N) is 2. The largest absolute Gasteiger partial charge is 0.457 e. The number of thiocarbonyl (C=S) groups is 1. The smallest absolute Gasteiger partial charge is 0.269 e. The third-order valence-corrected chi connectivity index (χ3v) is 3.13. The molecule has 0 aliphatic rings. The Morgan fingerprint density at radius 1 is 1.00 bits per heavy atom. The summed E-state index contributed by atoms with van der Waals surface area (Å²) in [6.45, 7) is 0. The molecule has 0 saturated heterocycles. The summed E-state index contributed by atoms with van der Waals surface area (Å²) in [6.07, 6.45) is 0. The maximum Gasteiger partial charge on any atom is 0.269 e. The zero-order valence-electron chi connectivity index (χ0n) is 12.1. The van der Waals surface area contributed by atoms with Crippen molar-refractivity contribution in [2.75, 3.05) is 14.1 Å². The van der Waals surface area contributed by atoms with Crippen LogP contribution < -0.4 is 9.47 Å². The lowest BCUT2D eigenvalue weighted by Gasteiger charge is -2.14. The van der Waals surface area contributed by atoms with Crippen LogP contribution in [0.15, 0.2) is 48.5 Å². The molecular formula is C15H14N2O4S. The molecule has 0 radical (unpaired) electrons. The maximum atomic E-state index is 10.6. The van der Waals surface area contributed by atoms with Crippen molar-refractivity contribution in [1.82, 2.24) is 4.90 Å². The van der Waals surface area contributed by atoms with Gasteiger partial charge < -0.3 is 14.4 Å². The van der Waals surface area contributed by atoms with Gasteiger partial charge in [0.05, 0.1) is 4.92 Å². The first-order chi connectivity index (χ1) is 10.5. The van der Waals surface area contributed by atoms with Crippen molar-refractivity contribution >= 4 is 23.1 Å². The van der Waals surface area contributed by atoms with Crippen LogP contribution in [0.25, 0.3) is 0 Å². The number of rotatable bonds is 4. The van der Waals surface area contributed by atoms with Gasteiger partial charge >= 0.3 is 0 Å². The normalized spacial score (nSPS) is 9.91. The first-order valence-corrected chi connectivity index (χ1v) is 6.78. The first-order valence-electron chi connectivity index (χ1n) is 6.37. The summed E-state index contributed by atoms with van der Waals surface area (Å²) in [6, 6.07) is 12.8. The highest BCUT2D eigenvalue weighted by Crippen LogP contribution is 2.25. The topological polar surface area (TPSA) is 64.8 Å². The van der Waals surface area contributed by atoms with Crippen molar-refractivity contribution in [3.63, 3.8) is 0 Å². The Bertz CT molecular complexity index is 669. The van der Waals surface area contributed by atoms with Gasteiger partial charge in [-0.3, -0.25) is 10.1 Å². The second-order valence-corrected chi connectivity index (χ2v) is 4.94. The quantitative estimate of drug-likeness (QED) is 0.487. The van der Waals surface area contributed by atoms with Gasteiger partial charge in [-0.15, -0.1) is 0 Å². The minimum atomic E-state index is -0.455. The molecule has 0 aliphatic carbocycles. The zero-order chi connectivity index (χ0) is 16.1. The van der Waals surface area contributed by atoms with E-state index in [9.17, 15) is 10.1 Å². The lowest BCUT2D eigenvalue weighted by Crippen LogP contribution is -2.24. The Hall–Kier alpha value is -2.67. The van der Waals surface area contributed by atoms with Crippen molar-refractivity contribution in [3.8, 4) is 17.2 Å². The molecule has 7 heteroatoms. The highest BCUT2D eigenvalue weighted by atomic mass is 32.1. The standard InChI is InChI=1S/C15H14N2O4S/c1-16(2)15(22)21-14-9-7-13(8-10-14)20-12-5-3-11(4-6-12)17(18)19/h3-10H,1-2H3. The van der Waals surface area contributed by atoms with Gasteiger partial charge in [-0.1, -0.05) is 0 Å². The minimum absolute atomic E-state index is 0.0216. The van der Waals surface area contributed by atoms with E-state index in [-0.39, 0.29) is 5.69 Å². The Morgan fingerprint density at radius 3 is 1.91 bits per heavy atom. The lowest BCUT2D eigenvalue weighted by atomic mass is 10.3. The molecule has 0 atom stereocenters. The second kappa shape index (κ2) is 6.86. The molecular weight excluding hydrogens is 304 g/mol. The van der Waals surface area contributed by atoms with Gasteiger partial charge in [0.1, 0.15) is 17.2 Å². The van der Waals surface area contributed by atoms with Crippen molar-refractivity contribution in [2.24, 2.45) is 0 Å². The van der Waals surface area contributed by atoms with Crippen LogP contribution in [0.2, 0.25) is 0 Å². The molecule has 22 heavy (non-hydrogen) atoms. The van der Waals surface area contributed by atoms with Gasteiger partial charge in [0, 0.05) is 26.2 Å². The Kier molecular flexibility index (Phi) is 4.90. The van der Waals surface area contributed by atoms with Crippen LogP contribution in [0.4, 0.5) is 5.69 Å². The van der Waals surface area contributed by atoms with Gasteiger partial charge in [0.15, 0.2) is 0 Å². The Labute approximate surface area is 133 Å². The van der Waals surface area contributed by atoms with Crippen LogP contribution in [0, 0.1) is 10.1 Å². The lowest BCUT2D eigenvalue weighted by molar-refractivity contribution is -0.384. The highest BCUT2D eigenvalue weighted by molar-refractivity contribution is 7.80. The fourth-order valence-corrected chi connectivity index (χ4v) is 1.64. The number of hydrogen-bond acceptors (Lipinski definition) is 5. The van der Waals surface area contributed by atoms with Crippen LogP contribution in [0.5, 0.6) is 17.2 Å². The summed E-state index contributed by atoms with van der Waals surface area (Å²) in [5, 5.41) is 10.9. The van der Waals surface area contributed by atoms with E-state index in [2.05, 4.69) is 0 Å². The van der Waals surface area contributed by atoms with E-state index in [0.717, 1.165) is 0 Å². The number of benzene rings is 2. The molecule has 2 aromatic carbocycles. The summed E-state index contributed by atoms with van der Waals surface area (Å²) >= 11 is 5.05. The van der Waals surface area contributed by atoms with Gasteiger partial charge in [-0.25, -0.2) is 0 Å². The minimum Gasteiger partial charge on any atom is -0.457 e. The number of nitro benzene ring substituents is 1. The summed E-state index contributed by atoms with van der Waals surface area (Å²) in [7, 11) is 3.60. The summed E-state index contributed by atoms with van der Waals surface area (Å²) < 4.78 is 11.0. The molecule has 0 spiro atoms. The first kappa shape index (κ1) is 15.7. The SMILES string of the molecule is CN(C)C(=S)Oc1ccc(Oc2ccc([N+](=O)[O-])cc2)cc1. The molecule has 0 fully saturated rings.